The number of pyridine rings is 1. The second-order valence-corrected chi connectivity index (χ2v) is 5.26. The molecule has 100 valence electrons. The van der Waals surface area contributed by atoms with Gasteiger partial charge in [-0.05, 0) is 31.9 Å². The molecule has 19 heavy (non-hydrogen) atoms. The van der Waals surface area contributed by atoms with E-state index in [0.717, 1.165) is 36.2 Å². The molecule has 0 unspecified atom stereocenters. The molecule has 0 saturated carbocycles. The third kappa shape index (κ3) is 3.79. The Morgan fingerprint density at radius 1 is 1.47 bits per heavy atom. The van der Waals surface area contributed by atoms with Crippen LogP contribution in [0.25, 0.3) is 0 Å². The Labute approximate surface area is 121 Å². The Morgan fingerprint density at radius 2 is 2.21 bits per heavy atom. The Hall–Kier alpha value is -1.38. The molecular weight excluding hydrogens is 308 g/mol. The van der Waals surface area contributed by atoms with Gasteiger partial charge in [-0.2, -0.15) is 5.26 Å². The number of aryl methyl sites for hydroxylation is 1. The molecule has 1 aromatic rings. The molecule has 4 nitrogen and oxygen atoms in total. The second kappa shape index (κ2) is 6.69. The van der Waals surface area contributed by atoms with Gasteiger partial charge >= 0.3 is 0 Å². The summed E-state index contributed by atoms with van der Waals surface area (Å²) in [6.07, 6.45) is 1.91. The smallest absolute Gasteiger partial charge is 0.141 e. The summed E-state index contributed by atoms with van der Waals surface area (Å²) < 4.78 is 12.1. The number of halogens is 1. The number of rotatable bonds is 3. The highest BCUT2D eigenvalue weighted by atomic mass is 79.9. The fraction of sp³-hybridized carbons (Fsp3) is 0.429. The van der Waals surface area contributed by atoms with Crippen molar-refractivity contribution < 1.29 is 9.47 Å². The molecule has 1 aromatic heterocycles. The van der Waals surface area contributed by atoms with Gasteiger partial charge in [0.1, 0.15) is 24.1 Å². The maximum atomic E-state index is 8.76. The van der Waals surface area contributed by atoms with Gasteiger partial charge in [-0.3, -0.25) is 0 Å². The largest absolute Gasteiger partial charge is 0.486 e. The number of ether oxygens (including phenoxy) is 2. The lowest BCUT2D eigenvalue weighted by molar-refractivity contribution is 0.118. The standard InChI is InChI=1S/C14H15BrN2O2/c1-10-14(3-2-12(8-16)17-10)19-9-13(15)11-4-6-18-7-5-11/h2-3H,4-7,9H2,1H3. The van der Waals surface area contributed by atoms with Crippen molar-refractivity contribution in [1.29, 1.82) is 5.26 Å². The molecule has 0 spiro atoms. The van der Waals surface area contributed by atoms with Gasteiger partial charge in [-0.25, -0.2) is 4.98 Å². The van der Waals surface area contributed by atoms with E-state index in [0.29, 0.717) is 18.1 Å². The maximum Gasteiger partial charge on any atom is 0.141 e. The summed E-state index contributed by atoms with van der Waals surface area (Å²) in [7, 11) is 0. The predicted octanol–water partition coefficient (Wildman–Crippen LogP) is 3.10. The van der Waals surface area contributed by atoms with Crippen molar-refractivity contribution in [3.63, 3.8) is 0 Å². The van der Waals surface area contributed by atoms with Crippen LogP contribution in [0.5, 0.6) is 5.75 Å². The zero-order chi connectivity index (χ0) is 13.7. The van der Waals surface area contributed by atoms with Gasteiger partial charge in [0, 0.05) is 4.48 Å². The molecule has 0 bridgehead atoms. The van der Waals surface area contributed by atoms with Crippen LogP contribution in [-0.4, -0.2) is 24.8 Å². The number of hydrogen-bond donors (Lipinski definition) is 0. The van der Waals surface area contributed by atoms with Gasteiger partial charge < -0.3 is 9.47 Å². The summed E-state index contributed by atoms with van der Waals surface area (Å²) in [6, 6.07) is 5.46. The summed E-state index contributed by atoms with van der Waals surface area (Å²) in [5.74, 6) is 0.712. The van der Waals surface area contributed by atoms with Crippen LogP contribution in [0.2, 0.25) is 0 Å². The Morgan fingerprint density at radius 3 is 2.84 bits per heavy atom. The van der Waals surface area contributed by atoms with Gasteiger partial charge in [0.25, 0.3) is 0 Å². The molecule has 2 heterocycles. The third-order valence-electron chi connectivity index (χ3n) is 2.99. The Bertz CT molecular complexity index is 527. The minimum Gasteiger partial charge on any atom is -0.486 e. The topological polar surface area (TPSA) is 55.1 Å². The van der Waals surface area contributed by atoms with Crippen molar-refractivity contribution in [3.8, 4) is 11.8 Å². The van der Waals surface area contributed by atoms with Gasteiger partial charge in [-0.1, -0.05) is 21.5 Å². The molecule has 1 fully saturated rings. The molecule has 1 aliphatic rings. The minimum absolute atomic E-state index is 0.409. The van der Waals surface area contributed by atoms with Crippen molar-refractivity contribution in [2.75, 3.05) is 19.8 Å². The first-order valence-electron chi connectivity index (χ1n) is 6.15. The molecule has 0 radical (unpaired) electrons. The summed E-state index contributed by atoms with van der Waals surface area (Å²) in [5.41, 5.74) is 2.49. The molecular formula is C14H15BrN2O2. The first-order chi connectivity index (χ1) is 9.20. The van der Waals surface area contributed by atoms with Gasteiger partial charge in [0.15, 0.2) is 0 Å². The average Bonchev–Trinajstić information content (AvgIpc) is 2.46. The molecule has 0 amide bonds. The molecule has 0 N–H and O–H groups in total. The van der Waals surface area contributed by atoms with Crippen LogP contribution >= 0.6 is 15.9 Å². The zero-order valence-electron chi connectivity index (χ0n) is 10.8. The number of aromatic nitrogens is 1. The molecule has 2 rings (SSSR count). The number of nitriles is 1. The van der Waals surface area contributed by atoms with Crippen molar-refractivity contribution in [1.82, 2.24) is 4.98 Å². The molecule has 0 atom stereocenters. The van der Waals surface area contributed by atoms with E-state index in [1.165, 1.54) is 5.57 Å². The van der Waals surface area contributed by atoms with Gasteiger partial charge in [-0.15, -0.1) is 0 Å². The number of hydrogen-bond acceptors (Lipinski definition) is 4. The predicted molar refractivity (Wildman–Crippen MR) is 75.2 cm³/mol. The highest BCUT2D eigenvalue weighted by Crippen LogP contribution is 2.24. The van der Waals surface area contributed by atoms with Crippen LogP contribution < -0.4 is 4.74 Å². The fourth-order valence-electron chi connectivity index (χ4n) is 1.90. The van der Waals surface area contributed by atoms with E-state index in [4.69, 9.17) is 14.7 Å². The van der Waals surface area contributed by atoms with Crippen LogP contribution in [0.15, 0.2) is 22.2 Å². The van der Waals surface area contributed by atoms with Gasteiger partial charge in [0.05, 0.1) is 18.9 Å². The molecule has 0 aromatic carbocycles. The third-order valence-corrected chi connectivity index (χ3v) is 3.78. The first-order valence-corrected chi connectivity index (χ1v) is 6.94. The molecule has 0 aliphatic carbocycles. The van der Waals surface area contributed by atoms with E-state index >= 15 is 0 Å². The highest BCUT2D eigenvalue weighted by Gasteiger charge is 2.11. The SMILES string of the molecule is Cc1nc(C#N)ccc1OCC(Br)=C1CCOCC1. The van der Waals surface area contributed by atoms with Crippen molar-refractivity contribution in [2.24, 2.45) is 0 Å². The highest BCUT2D eigenvalue weighted by molar-refractivity contribution is 9.11. The van der Waals surface area contributed by atoms with Crippen LogP contribution in [0.1, 0.15) is 24.2 Å². The minimum atomic E-state index is 0.409. The van der Waals surface area contributed by atoms with Crippen molar-refractivity contribution >= 4 is 15.9 Å². The lowest BCUT2D eigenvalue weighted by atomic mass is 10.1. The zero-order valence-corrected chi connectivity index (χ0v) is 12.4. The molecule has 1 aliphatic heterocycles. The van der Waals surface area contributed by atoms with E-state index < -0.39 is 0 Å². The van der Waals surface area contributed by atoms with Crippen molar-refractivity contribution in [2.45, 2.75) is 19.8 Å². The Balaban J connectivity index is 2.00. The van der Waals surface area contributed by atoms with Crippen molar-refractivity contribution in [3.05, 3.63) is 33.6 Å². The average molecular weight is 323 g/mol. The first kappa shape index (κ1) is 14.0. The lowest BCUT2D eigenvalue weighted by Gasteiger charge is -2.17. The normalized spacial score (nSPS) is 14.9. The van der Waals surface area contributed by atoms with Crippen LogP contribution in [-0.2, 0) is 4.74 Å². The molecule has 5 heteroatoms. The number of nitrogens with zero attached hydrogens (tertiary/aromatic N) is 2. The maximum absolute atomic E-state index is 8.76. The van der Waals surface area contributed by atoms with E-state index in [2.05, 4.69) is 20.9 Å². The van der Waals surface area contributed by atoms with E-state index in [-0.39, 0.29) is 0 Å². The molecule has 1 saturated heterocycles. The van der Waals surface area contributed by atoms with Crippen LogP contribution in [0.4, 0.5) is 0 Å². The summed E-state index contributed by atoms with van der Waals surface area (Å²) in [5, 5.41) is 8.76. The van der Waals surface area contributed by atoms with Crippen LogP contribution in [0.3, 0.4) is 0 Å². The quantitative estimate of drug-likeness (QED) is 0.858. The van der Waals surface area contributed by atoms with E-state index in [1.807, 2.05) is 13.0 Å². The van der Waals surface area contributed by atoms with E-state index in [1.54, 1.807) is 12.1 Å². The van der Waals surface area contributed by atoms with Crippen LogP contribution in [0, 0.1) is 18.3 Å². The fourth-order valence-corrected chi connectivity index (χ4v) is 2.41. The lowest BCUT2D eigenvalue weighted by Crippen LogP contribution is -2.11. The summed E-state index contributed by atoms with van der Waals surface area (Å²) in [6.45, 7) is 3.89. The summed E-state index contributed by atoms with van der Waals surface area (Å²) >= 11 is 3.58. The van der Waals surface area contributed by atoms with E-state index in [9.17, 15) is 0 Å². The summed E-state index contributed by atoms with van der Waals surface area (Å²) in [4.78, 5) is 4.14. The second-order valence-electron chi connectivity index (χ2n) is 4.30. The Kier molecular flexibility index (Phi) is 4.94. The van der Waals surface area contributed by atoms with Gasteiger partial charge in [0.2, 0.25) is 0 Å². The monoisotopic (exact) mass is 322 g/mol.